The van der Waals surface area contributed by atoms with E-state index >= 15 is 0 Å². The molecule has 0 saturated heterocycles. The van der Waals surface area contributed by atoms with E-state index in [1.54, 1.807) is 24.3 Å². The van der Waals surface area contributed by atoms with Crippen molar-refractivity contribution in [1.82, 2.24) is 0 Å². The molecule has 0 bridgehead atoms. The highest BCUT2D eigenvalue weighted by Gasteiger charge is 2.01. The van der Waals surface area contributed by atoms with Crippen LogP contribution in [0, 0.1) is 0 Å². The Morgan fingerprint density at radius 3 is 2.33 bits per heavy atom. The maximum absolute atomic E-state index is 11.0. The number of primary amides is 1. The van der Waals surface area contributed by atoms with E-state index in [0.717, 1.165) is 5.56 Å². The molecule has 0 fully saturated rings. The number of benzene rings is 3. The largest absolute Gasteiger partial charge is 0.489 e. The van der Waals surface area contributed by atoms with Gasteiger partial charge in [-0.2, -0.15) is 0 Å². The summed E-state index contributed by atoms with van der Waals surface area (Å²) in [7, 11) is 0. The molecule has 0 radical (unpaired) electrons. The van der Waals surface area contributed by atoms with Crippen molar-refractivity contribution in [2.24, 2.45) is 5.73 Å². The van der Waals surface area contributed by atoms with Crippen LogP contribution < -0.4 is 10.5 Å². The van der Waals surface area contributed by atoms with Crippen molar-refractivity contribution in [1.29, 1.82) is 0 Å². The maximum Gasteiger partial charge on any atom is 0.248 e. The van der Waals surface area contributed by atoms with Crippen molar-refractivity contribution >= 4 is 16.7 Å². The van der Waals surface area contributed by atoms with Gasteiger partial charge >= 0.3 is 0 Å². The van der Waals surface area contributed by atoms with Gasteiger partial charge in [-0.3, -0.25) is 4.79 Å². The number of ether oxygens (including phenoxy) is 1. The molecule has 3 rings (SSSR count). The van der Waals surface area contributed by atoms with Crippen LogP contribution >= 0.6 is 0 Å². The molecule has 21 heavy (non-hydrogen) atoms. The number of nitrogens with two attached hydrogens (primary N) is 1. The standard InChI is InChI=1S/C18H15NO2/c19-18(20)15-7-9-17(10-8-15)21-12-13-5-6-14-3-1-2-4-16(14)11-13/h1-11H,12H2,(H2,19,20). The van der Waals surface area contributed by atoms with Crippen molar-refractivity contribution in [2.75, 3.05) is 0 Å². The van der Waals surface area contributed by atoms with E-state index in [1.165, 1.54) is 10.8 Å². The van der Waals surface area contributed by atoms with E-state index in [2.05, 4.69) is 30.3 Å². The van der Waals surface area contributed by atoms with E-state index in [0.29, 0.717) is 17.9 Å². The van der Waals surface area contributed by atoms with Crippen LogP contribution in [-0.4, -0.2) is 5.91 Å². The monoisotopic (exact) mass is 277 g/mol. The zero-order chi connectivity index (χ0) is 14.7. The van der Waals surface area contributed by atoms with Crippen molar-refractivity contribution in [3.8, 4) is 5.75 Å². The molecule has 0 saturated carbocycles. The molecular weight excluding hydrogens is 262 g/mol. The Morgan fingerprint density at radius 1 is 0.905 bits per heavy atom. The molecular formula is C18H15NO2. The van der Waals surface area contributed by atoms with Crippen LogP contribution in [0.4, 0.5) is 0 Å². The van der Waals surface area contributed by atoms with Gasteiger partial charge in [-0.05, 0) is 46.7 Å². The lowest BCUT2D eigenvalue weighted by Gasteiger charge is -2.07. The van der Waals surface area contributed by atoms with Crippen LogP contribution in [0.25, 0.3) is 10.8 Å². The Balaban J connectivity index is 1.72. The number of rotatable bonds is 4. The predicted molar refractivity (Wildman–Crippen MR) is 83.2 cm³/mol. The maximum atomic E-state index is 11.0. The fraction of sp³-hybridized carbons (Fsp3) is 0.0556. The number of hydrogen-bond acceptors (Lipinski definition) is 2. The van der Waals surface area contributed by atoms with Crippen LogP contribution in [0.1, 0.15) is 15.9 Å². The first kappa shape index (κ1) is 13.2. The van der Waals surface area contributed by atoms with E-state index in [9.17, 15) is 4.79 Å². The number of amides is 1. The second kappa shape index (κ2) is 5.67. The lowest BCUT2D eigenvalue weighted by molar-refractivity contribution is 0.100. The first-order valence-electron chi connectivity index (χ1n) is 6.73. The summed E-state index contributed by atoms with van der Waals surface area (Å²) in [6, 6.07) is 21.3. The lowest BCUT2D eigenvalue weighted by Crippen LogP contribution is -2.10. The third-order valence-corrected chi connectivity index (χ3v) is 3.36. The van der Waals surface area contributed by atoms with E-state index in [4.69, 9.17) is 10.5 Å². The highest BCUT2D eigenvalue weighted by molar-refractivity contribution is 5.92. The van der Waals surface area contributed by atoms with Gasteiger partial charge in [0.15, 0.2) is 0 Å². The fourth-order valence-corrected chi connectivity index (χ4v) is 2.21. The highest BCUT2D eigenvalue weighted by Crippen LogP contribution is 2.18. The van der Waals surface area contributed by atoms with Crippen molar-refractivity contribution < 1.29 is 9.53 Å². The predicted octanol–water partition coefficient (Wildman–Crippen LogP) is 3.52. The minimum atomic E-state index is -0.434. The summed E-state index contributed by atoms with van der Waals surface area (Å²) in [5.74, 6) is 0.282. The molecule has 3 aromatic rings. The van der Waals surface area contributed by atoms with Gasteiger partial charge < -0.3 is 10.5 Å². The Labute approximate surface area is 123 Å². The summed E-state index contributed by atoms with van der Waals surface area (Å²) in [5, 5.41) is 2.41. The minimum absolute atomic E-state index is 0.434. The Morgan fingerprint density at radius 2 is 1.62 bits per heavy atom. The second-order valence-electron chi connectivity index (χ2n) is 4.86. The lowest BCUT2D eigenvalue weighted by atomic mass is 10.1. The molecule has 0 heterocycles. The Bertz CT molecular complexity index is 779. The highest BCUT2D eigenvalue weighted by atomic mass is 16.5. The van der Waals surface area contributed by atoms with Crippen LogP contribution in [0.5, 0.6) is 5.75 Å². The summed E-state index contributed by atoms with van der Waals surface area (Å²) in [4.78, 5) is 11.0. The third-order valence-electron chi connectivity index (χ3n) is 3.36. The van der Waals surface area contributed by atoms with Crippen molar-refractivity contribution in [2.45, 2.75) is 6.61 Å². The van der Waals surface area contributed by atoms with E-state index in [1.807, 2.05) is 12.1 Å². The molecule has 0 aromatic heterocycles. The fourth-order valence-electron chi connectivity index (χ4n) is 2.21. The molecule has 0 aliphatic heterocycles. The van der Waals surface area contributed by atoms with Gasteiger partial charge in [-0.15, -0.1) is 0 Å². The summed E-state index contributed by atoms with van der Waals surface area (Å²) in [6.07, 6.45) is 0. The van der Waals surface area contributed by atoms with Gasteiger partial charge in [0.05, 0.1) is 0 Å². The van der Waals surface area contributed by atoms with Gasteiger partial charge in [0, 0.05) is 5.56 Å². The van der Waals surface area contributed by atoms with Crippen molar-refractivity contribution in [3.05, 3.63) is 77.9 Å². The summed E-state index contributed by atoms with van der Waals surface area (Å²) in [6.45, 7) is 0.487. The number of fused-ring (bicyclic) bond motifs is 1. The SMILES string of the molecule is NC(=O)c1ccc(OCc2ccc3ccccc3c2)cc1. The van der Waals surface area contributed by atoms with Crippen molar-refractivity contribution in [3.63, 3.8) is 0 Å². The molecule has 3 heteroatoms. The molecule has 0 atom stereocenters. The summed E-state index contributed by atoms with van der Waals surface area (Å²) in [5.41, 5.74) is 6.79. The topological polar surface area (TPSA) is 52.3 Å². The van der Waals surface area contributed by atoms with Gasteiger partial charge in [0.2, 0.25) is 5.91 Å². The Kier molecular flexibility index (Phi) is 3.56. The van der Waals surface area contributed by atoms with Crippen LogP contribution in [-0.2, 0) is 6.61 Å². The van der Waals surface area contributed by atoms with Gasteiger partial charge in [-0.1, -0.05) is 36.4 Å². The normalized spacial score (nSPS) is 10.5. The molecule has 3 nitrogen and oxygen atoms in total. The number of carbonyl (C=O) groups excluding carboxylic acids is 1. The second-order valence-corrected chi connectivity index (χ2v) is 4.86. The smallest absolute Gasteiger partial charge is 0.248 e. The number of carbonyl (C=O) groups is 1. The molecule has 2 N–H and O–H groups in total. The van der Waals surface area contributed by atoms with Gasteiger partial charge in [0.25, 0.3) is 0 Å². The van der Waals surface area contributed by atoms with E-state index in [-0.39, 0.29) is 0 Å². The molecule has 0 aliphatic rings. The number of hydrogen-bond donors (Lipinski definition) is 1. The molecule has 104 valence electrons. The minimum Gasteiger partial charge on any atom is -0.489 e. The summed E-state index contributed by atoms with van der Waals surface area (Å²) >= 11 is 0. The molecule has 1 amide bonds. The summed E-state index contributed by atoms with van der Waals surface area (Å²) < 4.78 is 5.72. The molecule has 3 aromatic carbocycles. The van der Waals surface area contributed by atoms with Crippen LogP contribution in [0.15, 0.2) is 66.7 Å². The molecule has 0 unspecified atom stereocenters. The molecule has 0 spiro atoms. The Hall–Kier alpha value is -2.81. The van der Waals surface area contributed by atoms with Crippen LogP contribution in [0.3, 0.4) is 0 Å². The molecule has 0 aliphatic carbocycles. The first-order valence-corrected chi connectivity index (χ1v) is 6.73. The van der Waals surface area contributed by atoms with E-state index < -0.39 is 5.91 Å². The van der Waals surface area contributed by atoms with Gasteiger partial charge in [0.1, 0.15) is 12.4 Å². The zero-order valence-corrected chi connectivity index (χ0v) is 11.5. The quantitative estimate of drug-likeness (QED) is 0.793. The average Bonchev–Trinajstić information content (AvgIpc) is 2.53. The average molecular weight is 277 g/mol. The van der Waals surface area contributed by atoms with Crippen LogP contribution in [0.2, 0.25) is 0 Å². The zero-order valence-electron chi connectivity index (χ0n) is 11.5. The third kappa shape index (κ3) is 3.03. The van der Waals surface area contributed by atoms with Gasteiger partial charge in [-0.25, -0.2) is 0 Å². The first-order chi connectivity index (χ1) is 10.2.